The van der Waals surface area contributed by atoms with E-state index in [1.165, 1.54) is 11.8 Å². The smallest absolute Gasteiger partial charge is 0.198 e. The highest BCUT2D eigenvalue weighted by molar-refractivity contribution is 7.99. The van der Waals surface area contributed by atoms with Crippen molar-refractivity contribution in [2.45, 2.75) is 24.9 Å². The average Bonchev–Trinajstić information content (AvgIpc) is 2.96. The Morgan fingerprint density at radius 2 is 2.14 bits per heavy atom. The number of aryl methyl sites for hydroxylation is 1. The summed E-state index contributed by atoms with van der Waals surface area (Å²) in [4.78, 5) is 0. The van der Waals surface area contributed by atoms with Gasteiger partial charge in [-0.05, 0) is 35.4 Å². The second-order valence-corrected chi connectivity index (χ2v) is 5.48. The van der Waals surface area contributed by atoms with Gasteiger partial charge in [-0.15, -0.1) is 5.10 Å². The number of nitriles is 2. The van der Waals surface area contributed by atoms with E-state index in [-0.39, 0.29) is 5.92 Å². The SMILES string of the molecule is Cc1ccccc1-n1nnnc1SC[C@H](C#N)CCC#N. The number of aromatic nitrogens is 4. The van der Waals surface area contributed by atoms with E-state index in [2.05, 4.69) is 27.7 Å². The second kappa shape index (κ2) is 7.41. The molecular formula is C14H14N6S. The van der Waals surface area contributed by atoms with Crippen LogP contribution in [0.5, 0.6) is 0 Å². The van der Waals surface area contributed by atoms with Gasteiger partial charge >= 0.3 is 0 Å². The van der Waals surface area contributed by atoms with Gasteiger partial charge in [0.15, 0.2) is 0 Å². The molecule has 106 valence electrons. The maximum absolute atomic E-state index is 9.08. The van der Waals surface area contributed by atoms with Crippen LogP contribution in [0.25, 0.3) is 5.69 Å². The number of rotatable bonds is 6. The topological polar surface area (TPSA) is 91.2 Å². The van der Waals surface area contributed by atoms with Crippen molar-refractivity contribution < 1.29 is 0 Å². The molecule has 2 rings (SSSR count). The van der Waals surface area contributed by atoms with Crippen LogP contribution in [0.4, 0.5) is 0 Å². The van der Waals surface area contributed by atoms with E-state index >= 15 is 0 Å². The van der Waals surface area contributed by atoms with Gasteiger partial charge < -0.3 is 0 Å². The van der Waals surface area contributed by atoms with Gasteiger partial charge in [-0.1, -0.05) is 30.0 Å². The van der Waals surface area contributed by atoms with Crippen LogP contribution in [0.1, 0.15) is 18.4 Å². The van der Waals surface area contributed by atoms with Crippen LogP contribution in [0, 0.1) is 35.5 Å². The maximum Gasteiger partial charge on any atom is 0.214 e. The molecule has 0 aliphatic carbocycles. The Bertz CT molecular complexity index is 681. The Kier molecular flexibility index (Phi) is 5.30. The molecule has 21 heavy (non-hydrogen) atoms. The van der Waals surface area contributed by atoms with Gasteiger partial charge in [0.2, 0.25) is 5.16 Å². The number of benzene rings is 1. The Balaban J connectivity index is 2.10. The summed E-state index contributed by atoms with van der Waals surface area (Å²) in [5.41, 5.74) is 2.00. The number of hydrogen-bond donors (Lipinski definition) is 0. The lowest BCUT2D eigenvalue weighted by molar-refractivity contribution is 0.682. The summed E-state index contributed by atoms with van der Waals surface area (Å²) in [6, 6.07) is 12.1. The largest absolute Gasteiger partial charge is 0.214 e. The molecule has 0 aliphatic heterocycles. The van der Waals surface area contributed by atoms with Gasteiger partial charge in [0.05, 0.1) is 23.7 Å². The van der Waals surface area contributed by atoms with Crippen molar-refractivity contribution in [2.75, 3.05) is 5.75 Å². The molecule has 0 N–H and O–H groups in total. The zero-order valence-electron chi connectivity index (χ0n) is 11.6. The van der Waals surface area contributed by atoms with Crippen molar-refractivity contribution in [1.29, 1.82) is 10.5 Å². The van der Waals surface area contributed by atoms with E-state index in [0.717, 1.165) is 11.3 Å². The Hall–Kier alpha value is -2.38. The third-order valence-corrected chi connectivity index (χ3v) is 4.07. The lowest BCUT2D eigenvalue weighted by Crippen LogP contribution is -2.04. The molecule has 1 aromatic heterocycles. The molecule has 0 bridgehead atoms. The normalized spacial score (nSPS) is 11.6. The Morgan fingerprint density at radius 1 is 1.33 bits per heavy atom. The van der Waals surface area contributed by atoms with Crippen LogP contribution < -0.4 is 0 Å². The Morgan fingerprint density at radius 3 is 2.86 bits per heavy atom. The van der Waals surface area contributed by atoms with Crippen LogP contribution in [0.2, 0.25) is 0 Å². The maximum atomic E-state index is 9.08. The predicted molar refractivity (Wildman–Crippen MR) is 78.6 cm³/mol. The van der Waals surface area contributed by atoms with Gasteiger partial charge in [0.1, 0.15) is 0 Å². The molecule has 0 saturated heterocycles. The molecule has 0 unspecified atom stereocenters. The van der Waals surface area contributed by atoms with Crippen molar-refractivity contribution >= 4 is 11.8 Å². The zero-order valence-corrected chi connectivity index (χ0v) is 12.4. The summed E-state index contributed by atoms with van der Waals surface area (Å²) < 4.78 is 1.68. The van der Waals surface area contributed by atoms with E-state index in [9.17, 15) is 0 Å². The Labute approximate surface area is 127 Å². The van der Waals surface area contributed by atoms with Gasteiger partial charge in [-0.25, -0.2) is 0 Å². The summed E-state index contributed by atoms with van der Waals surface area (Å²) in [5, 5.41) is 30.1. The third-order valence-electron chi connectivity index (χ3n) is 2.99. The molecule has 0 amide bonds. The fraction of sp³-hybridized carbons (Fsp3) is 0.357. The second-order valence-electron chi connectivity index (χ2n) is 4.49. The number of nitrogens with zero attached hydrogens (tertiary/aromatic N) is 6. The minimum absolute atomic E-state index is 0.170. The number of thioether (sulfide) groups is 1. The molecule has 6 nitrogen and oxygen atoms in total. The van der Waals surface area contributed by atoms with Crippen molar-refractivity contribution in [2.24, 2.45) is 5.92 Å². The van der Waals surface area contributed by atoms with Gasteiger partial charge in [0.25, 0.3) is 0 Å². The van der Waals surface area contributed by atoms with Crippen LogP contribution in [-0.4, -0.2) is 26.0 Å². The van der Waals surface area contributed by atoms with Crippen molar-refractivity contribution in [1.82, 2.24) is 20.2 Å². The molecule has 7 heteroatoms. The molecular weight excluding hydrogens is 284 g/mol. The van der Waals surface area contributed by atoms with Crippen LogP contribution in [0.15, 0.2) is 29.4 Å². The standard InChI is InChI=1S/C14H14N6S/c1-11-5-2-3-7-13(11)20-14(17-18-19-20)21-10-12(9-16)6-4-8-15/h2-3,5,7,12H,4,6,10H2,1H3/t12-/m0/s1. The van der Waals surface area contributed by atoms with E-state index in [1.807, 2.05) is 31.2 Å². The van der Waals surface area contributed by atoms with Crippen molar-refractivity contribution in [3.8, 4) is 17.8 Å². The number of para-hydroxylation sites is 1. The molecule has 0 spiro atoms. The summed E-state index contributed by atoms with van der Waals surface area (Å²) in [7, 11) is 0. The van der Waals surface area contributed by atoms with Crippen LogP contribution in [-0.2, 0) is 0 Å². The first-order valence-electron chi connectivity index (χ1n) is 6.50. The number of hydrogen-bond acceptors (Lipinski definition) is 6. The summed E-state index contributed by atoms with van der Waals surface area (Å²) >= 11 is 1.44. The lowest BCUT2D eigenvalue weighted by atomic mass is 10.1. The highest BCUT2D eigenvalue weighted by Gasteiger charge is 2.14. The first-order valence-corrected chi connectivity index (χ1v) is 7.48. The summed E-state index contributed by atoms with van der Waals surface area (Å²) in [6.07, 6.45) is 0.966. The zero-order chi connectivity index (χ0) is 15.1. The summed E-state index contributed by atoms with van der Waals surface area (Å²) in [5.74, 6) is 0.404. The van der Waals surface area contributed by atoms with E-state index in [1.54, 1.807) is 4.68 Å². The number of tetrazole rings is 1. The van der Waals surface area contributed by atoms with Crippen molar-refractivity contribution in [3.63, 3.8) is 0 Å². The molecule has 1 aromatic carbocycles. The molecule has 0 fully saturated rings. The molecule has 0 aliphatic rings. The highest BCUT2D eigenvalue weighted by atomic mass is 32.2. The molecule has 1 heterocycles. The fourth-order valence-electron chi connectivity index (χ4n) is 1.82. The van der Waals surface area contributed by atoms with E-state index in [4.69, 9.17) is 10.5 Å². The van der Waals surface area contributed by atoms with Gasteiger partial charge in [-0.2, -0.15) is 15.2 Å². The van der Waals surface area contributed by atoms with E-state index < -0.39 is 0 Å². The fourth-order valence-corrected chi connectivity index (χ4v) is 2.76. The van der Waals surface area contributed by atoms with Crippen molar-refractivity contribution in [3.05, 3.63) is 29.8 Å². The summed E-state index contributed by atoms with van der Waals surface area (Å²) in [6.45, 7) is 2.00. The highest BCUT2D eigenvalue weighted by Crippen LogP contribution is 2.23. The van der Waals surface area contributed by atoms with Crippen LogP contribution >= 0.6 is 11.8 Å². The predicted octanol–water partition coefficient (Wildman–Crippen LogP) is 2.51. The monoisotopic (exact) mass is 298 g/mol. The minimum atomic E-state index is -0.170. The van der Waals surface area contributed by atoms with E-state index in [0.29, 0.717) is 23.8 Å². The first kappa shape index (κ1) is 15.0. The van der Waals surface area contributed by atoms with Gasteiger partial charge in [-0.3, -0.25) is 0 Å². The quantitative estimate of drug-likeness (QED) is 0.761. The first-order chi connectivity index (χ1) is 10.3. The van der Waals surface area contributed by atoms with Gasteiger partial charge in [0, 0.05) is 12.2 Å². The molecule has 0 saturated carbocycles. The van der Waals surface area contributed by atoms with Crippen LogP contribution in [0.3, 0.4) is 0 Å². The molecule has 1 atom stereocenters. The molecule has 2 aromatic rings. The molecule has 0 radical (unpaired) electrons. The lowest BCUT2D eigenvalue weighted by Gasteiger charge is -2.08. The average molecular weight is 298 g/mol. The third kappa shape index (κ3) is 3.80. The minimum Gasteiger partial charge on any atom is -0.198 e.